The summed E-state index contributed by atoms with van der Waals surface area (Å²) < 4.78 is 32.2. The minimum absolute atomic E-state index is 0.0500. The maximum absolute atomic E-state index is 12.4. The monoisotopic (exact) mass is 406 g/mol. The zero-order valence-corrected chi connectivity index (χ0v) is 15.7. The van der Waals surface area contributed by atoms with Crippen molar-refractivity contribution in [3.8, 4) is 11.4 Å². The zero-order valence-electron chi connectivity index (χ0n) is 14.1. The molecule has 0 unspecified atom stereocenters. The van der Waals surface area contributed by atoms with Gasteiger partial charge in [0.1, 0.15) is 0 Å². The number of carbonyl (C=O) groups excluding carboxylic acids is 1. The van der Waals surface area contributed by atoms with Gasteiger partial charge in [-0.25, -0.2) is 13.1 Å². The maximum Gasteiger partial charge on any atom is 0.242 e. The summed E-state index contributed by atoms with van der Waals surface area (Å²) in [6, 6.07) is 12.6. The normalized spacial score (nSPS) is 11.3. The van der Waals surface area contributed by atoms with E-state index in [1.807, 2.05) is 0 Å². The number of carbonyl (C=O) groups is 1. The number of halogens is 1. The maximum atomic E-state index is 12.4. The van der Waals surface area contributed by atoms with E-state index in [0.717, 1.165) is 0 Å². The van der Waals surface area contributed by atoms with Crippen LogP contribution in [-0.2, 0) is 21.4 Å². The highest BCUT2D eigenvalue weighted by Crippen LogP contribution is 2.19. The lowest BCUT2D eigenvalue weighted by Crippen LogP contribution is -2.23. The molecule has 0 saturated heterocycles. The third-order valence-electron chi connectivity index (χ3n) is 3.47. The number of anilines is 1. The Kier molecular flexibility index (Phi) is 5.54. The second-order valence-corrected chi connectivity index (χ2v) is 7.75. The van der Waals surface area contributed by atoms with Gasteiger partial charge in [0.05, 0.1) is 11.4 Å². The molecule has 0 radical (unpaired) electrons. The van der Waals surface area contributed by atoms with Crippen LogP contribution in [0.4, 0.5) is 5.69 Å². The van der Waals surface area contributed by atoms with Gasteiger partial charge < -0.3 is 9.84 Å². The first-order chi connectivity index (χ1) is 12.8. The number of nitrogens with one attached hydrogen (secondary N) is 2. The van der Waals surface area contributed by atoms with E-state index in [0.29, 0.717) is 22.1 Å². The first-order valence-corrected chi connectivity index (χ1v) is 9.65. The second kappa shape index (κ2) is 7.87. The van der Waals surface area contributed by atoms with Crippen LogP contribution in [0.2, 0.25) is 5.02 Å². The lowest BCUT2D eigenvalue weighted by atomic mass is 10.2. The molecule has 0 fully saturated rings. The lowest BCUT2D eigenvalue weighted by molar-refractivity contribution is -0.114. The van der Waals surface area contributed by atoms with Gasteiger partial charge in [0.25, 0.3) is 0 Å². The van der Waals surface area contributed by atoms with Gasteiger partial charge in [-0.3, -0.25) is 4.79 Å². The van der Waals surface area contributed by atoms with E-state index in [4.69, 9.17) is 16.1 Å². The summed E-state index contributed by atoms with van der Waals surface area (Å²) >= 11 is 5.84. The number of hydrogen-bond donors (Lipinski definition) is 2. The molecule has 1 heterocycles. The molecule has 0 spiro atoms. The van der Waals surface area contributed by atoms with E-state index >= 15 is 0 Å². The fraction of sp³-hybridized carbons (Fsp3) is 0.118. The lowest BCUT2D eigenvalue weighted by Gasteiger charge is -2.06. The van der Waals surface area contributed by atoms with Crippen molar-refractivity contribution in [3.63, 3.8) is 0 Å². The summed E-state index contributed by atoms with van der Waals surface area (Å²) in [6.07, 6.45) is 0. The van der Waals surface area contributed by atoms with Gasteiger partial charge in [0.15, 0.2) is 0 Å². The molecule has 0 aliphatic heterocycles. The summed E-state index contributed by atoms with van der Waals surface area (Å²) in [4.78, 5) is 15.2. The molecule has 1 aromatic heterocycles. The predicted octanol–water partition coefficient (Wildman–Crippen LogP) is 2.83. The SMILES string of the molecule is CC(=O)Nc1ccc(S(=O)(=O)NCc2nc(-c3ccc(Cl)cc3)no2)cc1. The van der Waals surface area contributed by atoms with Gasteiger partial charge in [-0.1, -0.05) is 16.8 Å². The Bertz CT molecular complexity index is 1050. The molecule has 27 heavy (non-hydrogen) atoms. The molecule has 3 rings (SSSR count). The number of nitrogens with zero attached hydrogens (tertiary/aromatic N) is 2. The van der Waals surface area contributed by atoms with E-state index in [2.05, 4.69) is 20.2 Å². The van der Waals surface area contributed by atoms with Crippen molar-refractivity contribution in [2.24, 2.45) is 0 Å². The zero-order chi connectivity index (χ0) is 19.4. The van der Waals surface area contributed by atoms with Crippen LogP contribution < -0.4 is 10.0 Å². The van der Waals surface area contributed by atoms with Gasteiger partial charge in [0, 0.05) is 23.2 Å². The van der Waals surface area contributed by atoms with Crippen LogP contribution in [0.1, 0.15) is 12.8 Å². The number of hydrogen-bond acceptors (Lipinski definition) is 6. The second-order valence-electron chi connectivity index (χ2n) is 5.55. The van der Waals surface area contributed by atoms with Gasteiger partial charge in [-0.05, 0) is 48.5 Å². The topological polar surface area (TPSA) is 114 Å². The molecule has 0 aliphatic rings. The molecule has 0 saturated carbocycles. The van der Waals surface area contributed by atoms with Crippen LogP contribution in [0, 0.1) is 0 Å². The quantitative estimate of drug-likeness (QED) is 0.650. The molecular weight excluding hydrogens is 392 g/mol. The highest BCUT2D eigenvalue weighted by atomic mass is 35.5. The van der Waals surface area contributed by atoms with Crippen molar-refractivity contribution in [3.05, 3.63) is 59.4 Å². The third kappa shape index (κ3) is 4.91. The molecule has 140 valence electrons. The molecule has 10 heteroatoms. The van der Waals surface area contributed by atoms with E-state index in [1.54, 1.807) is 24.3 Å². The minimum atomic E-state index is -3.77. The molecule has 3 aromatic rings. The largest absolute Gasteiger partial charge is 0.338 e. The van der Waals surface area contributed by atoms with E-state index in [1.165, 1.54) is 31.2 Å². The number of sulfonamides is 1. The average molecular weight is 407 g/mol. The number of amides is 1. The van der Waals surface area contributed by atoms with Crippen molar-refractivity contribution in [1.29, 1.82) is 0 Å². The van der Waals surface area contributed by atoms with Crippen LogP contribution >= 0.6 is 11.6 Å². The summed E-state index contributed by atoms with van der Waals surface area (Å²) in [5.41, 5.74) is 1.21. The standard InChI is InChI=1S/C17H15ClN4O4S/c1-11(23)20-14-6-8-15(9-7-14)27(24,25)19-10-16-21-17(22-26-16)12-2-4-13(18)5-3-12/h2-9,19H,10H2,1H3,(H,20,23). The van der Waals surface area contributed by atoms with Crippen LogP contribution in [0.3, 0.4) is 0 Å². The van der Waals surface area contributed by atoms with Gasteiger partial charge >= 0.3 is 0 Å². The van der Waals surface area contributed by atoms with Crippen molar-refractivity contribution in [1.82, 2.24) is 14.9 Å². The van der Waals surface area contributed by atoms with E-state index in [9.17, 15) is 13.2 Å². The Balaban J connectivity index is 1.67. The summed E-state index contributed by atoms with van der Waals surface area (Å²) in [5.74, 6) is 0.218. The molecule has 2 N–H and O–H groups in total. The highest BCUT2D eigenvalue weighted by Gasteiger charge is 2.16. The van der Waals surface area contributed by atoms with Gasteiger partial charge in [-0.15, -0.1) is 0 Å². The molecule has 0 atom stereocenters. The average Bonchev–Trinajstić information content (AvgIpc) is 3.10. The van der Waals surface area contributed by atoms with Crippen LogP contribution in [0.5, 0.6) is 0 Å². The molecular formula is C17H15ClN4O4S. The molecule has 2 aromatic carbocycles. The predicted molar refractivity (Wildman–Crippen MR) is 99.5 cm³/mol. The smallest absolute Gasteiger partial charge is 0.242 e. The Labute approximate surface area is 160 Å². The van der Waals surface area contributed by atoms with Gasteiger partial charge in [0.2, 0.25) is 27.6 Å². The Morgan fingerprint density at radius 1 is 1.11 bits per heavy atom. The number of rotatable bonds is 6. The van der Waals surface area contributed by atoms with Crippen LogP contribution in [-0.4, -0.2) is 24.5 Å². The van der Waals surface area contributed by atoms with Crippen molar-refractivity contribution in [2.45, 2.75) is 18.4 Å². The Morgan fingerprint density at radius 3 is 2.41 bits per heavy atom. The Morgan fingerprint density at radius 2 is 1.78 bits per heavy atom. The Hall–Kier alpha value is -2.75. The summed E-state index contributed by atoms with van der Waals surface area (Å²) in [6.45, 7) is 1.21. The number of aromatic nitrogens is 2. The molecule has 1 amide bonds. The van der Waals surface area contributed by atoms with Crippen molar-refractivity contribution in [2.75, 3.05) is 5.32 Å². The number of benzene rings is 2. The molecule has 0 bridgehead atoms. The first kappa shape index (κ1) is 19.0. The first-order valence-electron chi connectivity index (χ1n) is 7.79. The highest BCUT2D eigenvalue weighted by molar-refractivity contribution is 7.89. The van der Waals surface area contributed by atoms with E-state index in [-0.39, 0.29) is 23.2 Å². The minimum Gasteiger partial charge on any atom is -0.338 e. The van der Waals surface area contributed by atoms with E-state index < -0.39 is 10.0 Å². The van der Waals surface area contributed by atoms with Crippen LogP contribution in [0.25, 0.3) is 11.4 Å². The third-order valence-corrected chi connectivity index (χ3v) is 5.14. The van der Waals surface area contributed by atoms with Gasteiger partial charge in [-0.2, -0.15) is 4.98 Å². The fourth-order valence-corrected chi connectivity index (χ4v) is 3.30. The van der Waals surface area contributed by atoms with Crippen LogP contribution in [0.15, 0.2) is 57.9 Å². The fourth-order valence-electron chi connectivity index (χ4n) is 2.20. The molecule has 8 nitrogen and oxygen atoms in total. The van der Waals surface area contributed by atoms with Crippen molar-refractivity contribution < 1.29 is 17.7 Å². The molecule has 0 aliphatic carbocycles. The summed E-state index contributed by atoms with van der Waals surface area (Å²) in [5, 5.41) is 6.97. The summed E-state index contributed by atoms with van der Waals surface area (Å²) in [7, 11) is -3.77. The van der Waals surface area contributed by atoms with Crippen molar-refractivity contribution >= 4 is 33.2 Å².